The van der Waals surface area contributed by atoms with Crippen LogP contribution >= 0.6 is 0 Å². The van der Waals surface area contributed by atoms with Crippen LogP contribution in [0.5, 0.6) is 5.88 Å². The van der Waals surface area contributed by atoms with E-state index < -0.39 is 17.4 Å². The van der Waals surface area contributed by atoms with E-state index in [-0.39, 0.29) is 17.1 Å². The molecule has 0 fully saturated rings. The first-order valence-electron chi connectivity index (χ1n) is 5.12. The molecule has 0 saturated heterocycles. The van der Waals surface area contributed by atoms with Crippen LogP contribution in [0, 0.1) is 11.6 Å². The predicted molar refractivity (Wildman–Crippen MR) is 60.6 cm³/mol. The molecule has 1 heterocycles. The molecule has 2 rings (SSSR count). The minimum absolute atomic E-state index is 0.00106. The van der Waals surface area contributed by atoms with Gasteiger partial charge in [-0.05, 0) is 24.3 Å². The fraction of sp³-hybridized carbons (Fsp3) is 0.0769. The van der Waals surface area contributed by atoms with Gasteiger partial charge < -0.3 is 4.74 Å². The zero-order chi connectivity index (χ0) is 13.1. The molecule has 92 valence electrons. The van der Waals surface area contributed by atoms with E-state index in [9.17, 15) is 13.6 Å². The SMILES string of the molecule is COc1cccc(C(=O)c2cc(F)ccc2F)n1. The van der Waals surface area contributed by atoms with Gasteiger partial charge in [-0.25, -0.2) is 13.8 Å². The summed E-state index contributed by atoms with van der Waals surface area (Å²) in [5, 5.41) is 0. The molecule has 2 aromatic rings. The zero-order valence-electron chi connectivity index (χ0n) is 9.48. The van der Waals surface area contributed by atoms with Crippen LogP contribution in [-0.2, 0) is 0 Å². The Hall–Kier alpha value is -2.30. The van der Waals surface area contributed by atoms with Crippen molar-refractivity contribution in [1.29, 1.82) is 0 Å². The van der Waals surface area contributed by atoms with E-state index >= 15 is 0 Å². The lowest BCUT2D eigenvalue weighted by molar-refractivity contribution is 0.102. The number of methoxy groups -OCH3 is 1. The number of aromatic nitrogens is 1. The first-order valence-corrected chi connectivity index (χ1v) is 5.12. The third kappa shape index (κ3) is 2.34. The van der Waals surface area contributed by atoms with Crippen LogP contribution in [0.3, 0.4) is 0 Å². The highest BCUT2D eigenvalue weighted by Crippen LogP contribution is 2.15. The van der Waals surface area contributed by atoms with Gasteiger partial charge in [-0.1, -0.05) is 6.07 Å². The van der Waals surface area contributed by atoms with Gasteiger partial charge in [0.1, 0.15) is 17.3 Å². The molecule has 18 heavy (non-hydrogen) atoms. The number of rotatable bonds is 3. The average Bonchev–Trinajstić information content (AvgIpc) is 2.41. The highest BCUT2D eigenvalue weighted by molar-refractivity contribution is 6.07. The molecule has 0 N–H and O–H groups in total. The maximum Gasteiger partial charge on any atom is 0.214 e. The van der Waals surface area contributed by atoms with Crippen LogP contribution in [0.2, 0.25) is 0 Å². The van der Waals surface area contributed by atoms with E-state index in [1.54, 1.807) is 12.1 Å². The van der Waals surface area contributed by atoms with E-state index in [0.29, 0.717) is 0 Å². The van der Waals surface area contributed by atoms with E-state index in [1.807, 2.05) is 0 Å². The molecule has 5 heteroatoms. The maximum absolute atomic E-state index is 13.4. The number of halogens is 2. The number of pyridine rings is 1. The predicted octanol–water partition coefficient (Wildman–Crippen LogP) is 2.60. The molecule has 0 amide bonds. The molecule has 3 nitrogen and oxygen atoms in total. The number of carbonyl (C=O) groups is 1. The lowest BCUT2D eigenvalue weighted by Gasteiger charge is -2.04. The fourth-order valence-corrected chi connectivity index (χ4v) is 1.46. The average molecular weight is 249 g/mol. The summed E-state index contributed by atoms with van der Waals surface area (Å²) in [5.74, 6) is -1.92. The Balaban J connectivity index is 2.44. The van der Waals surface area contributed by atoms with Crippen LogP contribution in [0.15, 0.2) is 36.4 Å². The molecule has 0 radical (unpaired) electrons. The Morgan fingerprint density at radius 2 is 2.00 bits per heavy atom. The molecule has 1 aromatic heterocycles. The number of nitrogens with zero attached hydrogens (tertiary/aromatic N) is 1. The number of benzene rings is 1. The molecule has 0 saturated carbocycles. The van der Waals surface area contributed by atoms with Gasteiger partial charge in [0.2, 0.25) is 11.7 Å². The molecular weight excluding hydrogens is 240 g/mol. The summed E-state index contributed by atoms with van der Waals surface area (Å²) >= 11 is 0. The van der Waals surface area contributed by atoms with Crippen molar-refractivity contribution in [3.05, 3.63) is 59.3 Å². The lowest BCUT2D eigenvalue weighted by atomic mass is 10.1. The third-order valence-electron chi connectivity index (χ3n) is 2.34. The van der Waals surface area contributed by atoms with E-state index in [2.05, 4.69) is 4.98 Å². The Kier molecular flexibility index (Phi) is 3.32. The van der Waals surface area contributed by atoms with Crippen molar-refractivity contribution in [3.63, 3.8) is 0 Å². The van der Waals surface area contributed by atoms with Gasteiger partial charge in [0.05, 0.1) is 12.7 Å². The van der Waals surface area contributed by atoms with Crippen molar-refractivity contribution in [2.24, 2.45) is 0 Å². The van der Waals surface area contributed by atoms with Crippen molar-refractivity contribution in [2.75, 3.05) is 7.11 Å². The molecule has 1 aromatic carbocycles. The smallest absolute Gasteiger partial charge is 0.214 e. The van der Waals surface area contributed by atoms with Gasteiger partial charge in [0.15, 0.2) is 0 Å². The number of carbonyl (C=O) groups excluding carboxylic acids is 1. The van der Waals surface area contributed by atoms with Crippen LogP contribution < -0.4 is 4.74 Å². The second-order valence-electron chi connectivity index (χ2n) is 3.52. The lowest BCUT2D eigenvalue weighted by Crippen LogP contribution is -2.07. The minimum Gasteiger partial charge on any atom is -0.481 e. The highest BCUT2D eigenvalue weighted by atomic mass is 19.1. The molecule has 0 spiro atoms. The van der Waals surface area contributed by atoms with Gasteiger partial charge in [-0.2, -0.15) is 0 Å². The van der Waals surface area contributed by atoms with Gasteiger partial charge in [-0.3, -0.25) is 4.79 Å². The van der Waals surface area contributed by atoms with Crippen molar-refractivity contribution >= 4 is 5.78 Å². The normalized spacial score (nSPS) is 10.2. The summed E-state index contributed by atoms with van der Waals surface area (Å²) in [7, 11) is 1.40. The van der Waals surface area contributed by atoms with Crippen molar-refractivity contribution < 1.29 is 18.3 Å². The summed E-state index contributed by atoms with van der Waals surface area (Å²) in [6.07, 6.45) is 0. The Morgan fingerprint density at radius 1 is 1.22 bits per heavy atom. The van der Waals surface area contributed by atoms with Crippen LogP contribution in [0.4, 0.5) is 8.78 Å². The summed E-state index contributed by atoms with van der Waals surface area (Å²) in [6, 6.07) is 7.22. The summed E-state index contributed by atoms with van der Waals surface area (Å²) in [5.41, 5.74) is -0.352. The number of ether oxygens (including phenoxy) is 1. The monoisotopic (exact) mass is 249 g/mol. The second kappa shape index (κ2) is 4.91. The number of ketones is 1. The molecule has 0 aliphatic rings. The first-order chi connectivity index (χ1) is 8.61. The maximum atomic E-state index is 13.4. The zero-order valence-corrected chi connectivity index (χ0v) is 9.48. The molecular formula is C13H9F2NO2. The number of hydrogen-bond acceptors (Lipinski definition) is 3. The minimum atomic E-state index is -0.786. The van der Waals surface area contributed by atoms with Crippen molar-refractivity contribution in [2.45, 2.75) is 0 Å². The second-order valence-corrected chi connectivity index (χ2v) is 3.52. The van der Waals surface area contributed by atoms with Gasteiger partial charge in [0, 0.05) is 6.07 Å². The summed E-state index contributed by atoms with van der Waals surface area (Å²) < 4.78 is 31.3. The van der Waals surface area contributed by atoms with E-state index in [4.69, 9.17) is 4.74 Å². The number of hydrogen-bond donors (Lipinski definition) is 0. The van der Waals surface area contributed by atoms with Crippen LogP contribution in [0.25, 0.3) is 0 Å². The summed E-state index contributed by atoms with van der Waals surface area (Å²) in [4.78, 5) is 15.8. The fourth-order valence-electron chi connectivity index (χ4n) is 1.46. The Labute approximate surface area is 102 Å². The molecule has 0 unspecified atom stereocenters. The molecule has 0 atom stereocenters. The van der Waals surface area contributed by atoms with Crippen LogP contribution in [-0.4, -0.2) is 17.9 Å². The quantitative estimate of drug-likeness (QED) is 0.785. The van der Waals surface area contributed by atoms with Gasteiger partial charge in [0.25, 0.3) is 0 Å². The molecule has 0 aliphatic carbocycles. The third-order valence-corrected chi connectivity index (χ3v) is 2.34. The van der Waals surface area contributed by atoms with E-state index in [1.165, 1.54) is 13.2 Å². The van der Waals surface area contributed by atoms with Crippen molar-refractivity contribution in [3.8, 4) is 5.88 Å². The Bertz CT molecular complexity index is 599. The first kappa shape index (κ1) is 12.2. The van der Waals surface area contributed by atoms with Gasteiger partial charge >= 0.3 is 0 Å². The van der Waals surface area contributed by atoms with E-state index in [0.717, 1.165) is 18.2 Å². The standard InChI is InChI=1S/C13H9F2NO2/c1-18-12-4-2-3-11(16-12)13(17)9-7-8(14)5-6-10(9)15/h2-7H,1H3. The topological polar surface area (TPSA) is 39.2 Å². The highest BCUT2D eigenvalue weighted by Gasteiger charge is 2.16. The summed E-state index contributed by atoms with van der Waals surface area (Å²) in [6.45, 7) is 0. The molecule has 0 bridgehead atoms. The van der Waals surface area contributed by atoms with Crippen molar-refractivity contribution in [1.82, 2.24) is 4.98 Å². The Morgan fingerprint density at radius 3 is 2.72 bits per heavy atom. The van der Waals surface area contributed by atoms with Crippen LogP contribution in [0.1, 0.15) is 16.1 Å². The molecule has 0 aliphatic heterocycles. The van der Waals surface area contributed by atoms with Gasteiger partial charge in [-0.15, -0.1) is 0 Å². The largest absolute Gasteiger partial charge is 0.481 e.